The molecular weight excluding hydrogens is 314 g/mol. The maximum absolute atomic E-state index is 12.4. The van der Waals surface area contributed by atoms with Gasteiger partial charge in [0.2, 0.25) is 5.91 Å². The Kier molecular flexibility index (Phi) is 5.32. The third kappa shape index (κ3) is 4.39. The molecule has 5 heteroatoms. The lowest BCUT2D eigenvalue weighted by atomic mass is 9.87. The van der Waals surface area contributed by atoms with Crippen molar-refractivity contribution in [3.63, 3.8) is 0 Å². The van der Waals surface area contributed by atoms with Gasteiger partial charge in [-0.2, -0.15) is 0 Å². The van der Waals surface area contributed by atoms with E-state index in [1.807, 2.05) is 18.3 Å². The van der Waals surface area contributed by atoms with Crippen molar-refractivity contribution in [2.75, 3.05) is 32.8 Å². The third-order valence-electron chi connectivity index (χ3n) is 5.81. The van der Waals surface area contributed by atoms with Crippen LogP contribution in [-0.2, 0) is 9.53 Å². The molecule has 0 radical (unpaired) electrons. The summed E-state index contributed by atoms with van der Waals surface area (Å²) in [6.45, 7) is 5.16. The molecule has 1 saturated carbocycles. The van der Waals surface area contributed by atoms with E-state index in [4.69, 9.17) is 4.74 Å². The minimum Gasteiger partial charge on any atom is -0.381 e. The van der Waals surface area contributed by atoms with E-state index in [9.17, 15) is 4.79 Å². The van der Waals surface area contributed by atoms with E-state index in [2.05, 4.69) is 21.3 Å². The zero-order valence-corrected chi connectivity index (χ0v) is 14.9. The predicted octanol–water partition coefficient (Wildman–Crippen LogP) is 2.40. The quantitative estimate of drug-likeness (QED) is 0.862. The minimum atomic E-state index is 0.0388. The van der Waals surface area contributed by atoms with Gasteiger partial charge in [0.1, 0.15) is 0 Å². The minimum absolute atomic E-state index is 0.0388. The number of amides is 1. The molecule has 1 aromatic rings. The van der Waals surface area contributed by atoms with E-state index in [1.54, 1.807) is 0 Å². The number of hydrogen-bond donors (Lipinski definition) is 1. The first-order valence-electron chi connectivity index (χ1n) is 9.81. The fraction of sp³-hybridized carbons (Fsp3) is 0.700. The second-order valence-electron chi connectivity index (χ2n) is 7.91. The molecule has 4 rings (SSSR count). The number of hydrogen-bond acceptors (Lipinski definition) is 4. The van der Waals surface area contributed by atoms with E-state index in [0.29, 0.717) is 11.8 Å². The summed E-state index contributed by atoms with van der Waals surface area (Å²) >= 11 is 0. The normalized spacial score (nSPS) is 28.6. The lowest BCUT2D eigenvalue weighted by Crippen LogP contribution is -2.45. The molecule has 0 unspecified atom stereocenters. The van der Waals surface area contributed by atoms with Crippen LogP contribution in [-0.4, -0.2) is 48.6 Å². The molecule has 1 amide bonds. The van der Waals surface area contributed by atoms with Crippen LogP contribution >= 0.6 is 0 Å². The smallest absolute Gasteiger partial charge is 0.223 e. The highest BCUT2D eigenvalue weighted by Crippen LogP contribution is 2.33. The fourth-order valence-electron chi connectivity index (χ4n) is 4.23. The van der Waals surface area contributed by atoms with Crippen LogP contribution in [0.25, 0.3) is 0 Å². The highest BCUT2D eigenvalue weighted by Gasteiger charge is 2.35. The molecule has 1 aliphatic carbocycles. The van der Waals surface area contributed by atoms with Crippen molar-refractivity contribution in [1.29, 1.82) is 0 Å². The third-order valence-corrected chi connectivity index (χ3v) is 5.81. The molecule has 0 spiro atoms. The van der Waals surface area contributed by atoms with Gasteiger partial charge in [0, 0.05) is 31.8 Å². The number of aromatic nitrogens is 1. The number of nitrogens with one attached hydrogen (secondary N) is 1. The van der Waals surface area contributed by atoms with Crippen molar-refractivity contribution < 1.29 is 9.53 Å². The summed E-state index contributed by atoms with van der Waals surface area (Å²) in [5.74, 6) is 1.57. The first-order valence-corrected chi connectivity index (χ1v) is 9.81. The molecule has 1 N–H and O–H groups in total. The molecule has 3 heterocycles. The first-order chi connectivity index (χ1) is 12.3. The second kappa shape index (κ2) is 7.83. The van der Waals surface area contributed by atoms with Crippen LogP contribution in [0.4, 0.5) is 0 Å². The lowest BCUT2D eigenvalue weighted by Gasteiger charge is -2.38. The summed E-state index contributed by atoms with van der Waals surface area (Å²) in [6.07, 6.45) is 7.45. The molecule has 5 nitrogen and oxygen atoms in total. The van der Waals surface area contributed by atoms with Crippen LogP contribution in [0.3, 0.4) is 0 Å². The summed E-state index contributed by atoms with van der Waals surface area (Å²) in [5.41, 5.74) is 1.01. The van der Waals surface area contributed by atoms with Gasteiger partial charge in [-0.1, -0.05) is 6.07 Å². The summed E-state index contributed by atoms with van der Waals surface area (Å²) in [7, 11) is 0. The van der Waals surface area contributed by atoms with E-state index in [0.717, 1.165) is 51.3 Å². The van der Waals surface area contributed by atoms with Crippen LogP contribution in [0.15, 0.2) is 24.4 Å². The highest BCUT2D eigenvalue weighted by molar-refractivity contribution is 5.81. The largest absolute Gasteiger partial charge is 0.381 e. The van der Waals surface area contributed by atoms with Gasteiger partial charge in [-0.05, 0) is 62.6 Å². The molecule has 3 aliphatic rings. The number of likely N-dealkylation sites (tertiary alicyclic amines) is 1. The molecule has 3 atom stereocenters. The molecule has 25 heavy (non-hydrogen) atoms. The number of ether oxygens (including phenoxy) is 1. The Bertz CT molecular complexity index is 570. The van der Waals surface area contributed by atoms with Crippen molar-refractivity contribution >= 4 is 5.91 Å². The molecule has 0 bridgehead atoms. The average Bonchev–Trinajstić information content (AvgIpc) is 3.38. The van der Waals surface area contributed by atoms with Gasteiger partial charge in [-0.15, -0.1) is 0 Å². The van der Waals surface area contributed by atoms with Gasteiger partial charge in [-0.3, -0.25) is 9.78 Å². The summed E-state index contributed by atoms with van der Waals surface area (Å²) < 4.78 is 5.53. The molecule has 1 aromatic heterocycles. The standard InChI is InChI=1S/C20H29N3O2/c24-20(16-6-7-16)22-19(18-5-1-2-9-21-18)17-4-3-10-23(13-17)12-15-8-11-25-14-15/h1-2,5,9,15-17,19H,3-4,6-8,10-14H2,(H,22,24)/t15-,17-,19-/m0/s1. The van der Waals surface area contributed by atoms with E-state index < -0.39 is 0 Å². The maximum atomic E-state index is 12.4. The summed E-state index contributed by atoms with van der Waals surface area (Å²) in [4.78, 5) is 19.6. The zero-order valence-electron chi connectivity index (χ0n) is 14.9. The Morgan fingerprint density at radius 1 is 1.32 bits per heavy atom. The van der Waals surface area contributed by atoms with Gasteiger partial charge in [0.25, 0.3) is 0 Å². The Balaban J connectivity index is 1.44. The molecule has 0 aromatic carbocycles. The van der Waals surface area contributed by atoms with Crippen molar-refractivity contribution in [3.05, 3.63) is 30.1 Å². The lowest BCUT2D eigenvalue weighted by molar-refractivity contribution is -0.123. The number of carbonyl (C=O) groups excluding carboxylic acids is 1. The zero-order chi connectivity index (χ0) is 17.1. The van der Waals surface area contributed by atoms with Gasteiger partial charge >= 0.3 is 0 Å². The SMILES string of the molecule is O=C(N[C@H](c1ccccn1)[C@H]1CCCN(C[C@@H]2CCOC2)C1)C1CC1. The second-order valence-corrected chi connectivity index (χ2v) is 7.91. The van der Waals surface area contributed by atoms with Crippen molar-refractivity contribution in [3.8, 4) is 0 Å². The van der Waals surface area contributed by atoms with Crippen LogP contribution in [0, 0.1) is 17.8 Å². The molecule has 3 fully saturated rings. The van der Waals surface area contributed by atoms with Crippen LogP contribution in [0.5, 0.6) is 0 Å². The van der Waals surface area contributed by atoms with E-state index in [-0.39, 0.29) is 17.9 Å². The van der Waals surface area contributed by atoms with E-state index >= 15 is 0 Å². The fourth-order valence-corrected chi connectivity index (χ4v) is 4.23. The van der Waals surface area contributed by atoms with Gasteiger partial charge in [0.05, 0.1) is 18.3 Å². The van der Waals surface area contributed by atoms with E-state index in [1.165, 1.54) is 19.4 Å². The van der Waals surface area contributed by atoms with Gasteiger partial charge < -0.3 is 15.0 Å². The van der Waals surface area contributed by atoms with Crippen molar-refractivity contribution in [2.24, 2.45) is 17.8 Å². The molecule has 136 valence electrons. The summed E-state index contributed by atoms with van der Waals surface area (Å²) in [5, 5.41) is 3.33. The van der Waals surface area contributed by atoms with Crippen LogP contribution in [0.1, 0.15) is 43.8 Å². The topological polar surface area (TPSA) is 54.5 Å². The Morgan fingerprint density at radius 3 is 2.96 bits per heavy atom. The summed E-state index contributed by atoms with van der Waals surface area (Å²) in [6, 6.07) is 6.06. The van der Waals surface area contributed by atoms with Crippen LogP contribution < -0.4 is 5.32 Å². The average molecular weight is 343 g/mol. The number of rotatable bonds is 6. The number of pyridine rings is 1. The van der Waals surface area contributed by atoms with Crippen LogP contribution in [0.2, 0.25) is 0 Å². The Morgan fingerprint density at radius 2 is 2.24 bits per heavy atom. The van der Waals surface area contributed by atoms with Gasteiger partial charge in [-0.25, -0.2) is 0 Å². The predicted molar refractivity (Wildman–Crippen MR) is 95.9 cm³/mol. The van der Waals surface area contributed by atoms with Gasteiger partial charge in [0.15, 0.2) is 0 Å². The number of piperidine rings is 1. The maximum Gasteiger partial charge on any atom is 0.223 e. The highest BCUT2D eigenvalue weighted by atomic mass is 16.5. The van der Waals surface area contributed by atoms with Crippen molar-refractivity contribution in [1.82, 2.24) is 15.2 Å². The number of nitrogens with zero attached hydrogens (tertiary/aromatic N) is 2. The first kappa shape index (κ1) is 17.0. The molecule has 2 aliphatic heterocycles. The molecule has 2 saturated heterocycles. The Hall–Kier alpha value is -1.46. The monoisotopic (exact) mass is 343 g/mol. The van der Waals surface area contributed by atoms with Crippen molar-refractivity contribution in [2.45, 2.75) is 38.1 Å². The number of carbonyl (C=O) groups is 1. The molecular formula is C20H29N3O2. The Labute approximate surface area is 150 Å².